The normalized spacial score (nSPS) is 10.4. The molecule has 1 amide bonds. The average Bonchev–Trinajstić information content (AvgIpc) is 2.62. The highest BCUT2D eigenvalue weighted by atomic mass is 16.4. The van der Waals surface area contributed by atoms with E-state index in [0.717, 1.165) is 10.5 Å². The lowest BCUT2D eigenvalue weighted by Crippen LogP contribution is -2.38. The van der Waals surface area contributed by atoms with Gasteiger partial charge in [-0.2, -0.15) is 0 Å². The van der Waals surface area contributed by atoms with Gasteiger partial charge in [-0.3, -0.25) is 0 Å². The van der Waals surface area contributed by atoms with E-state index in [1.807, 2.05) is 30.3 Å². The van der Waals surface area contributed by atoms with Crippen LogP contribution in [0.15, 0.2) is 48.7 Å². The van der Waals surface area contributed by atoms with Crippen LogP contribution in [-0.2, 0) is 0 Å². The highest BCUT2D eigenvalue weighted by Gasteiger charge is 2.13. The minimum atomic E-state index is -1.34. The molecule has 2 N–H and O–H groups in total. The van der Waals surface area contributed by atoms with Crippen molar-refractivity contribution in [1.82, 2.24) is 20.2 Å². The van der Waals surface area contributed by atoms with Crippen LogP contribution in [0.4, 0.5) is 16.6 Å². The minimum absolute atomic E-state index is 0.0684. The zero-order valence-electron chi connectivity index (χ0n) is 12.7. The SMILES string of the molecule is CN(C(=O)[O-])c1ccc(-c2nnc(N)nc2-c2ccccc2)cn1. The van der Waals surface area contributed by atoms with Gasteiger partial charge in [-0.25, -0.2) is 9.97 Å². The highest BCUT2D eigenvalue weighted by Crippen LogP contribution is 2.28. The quantitative estimate of drug-likeness (QED) is 0.762. The molecule has 0 atom stereocenters. The highest BCUT2D eigenvalue weighted by molar-refractivity contribution is 5.83. The van der Waals surface area contributed by atoms with Gasteiger partial charge in [-0.05, 0) is 12.1 Å². The Morgan fingerprint density at radius 3 is 2.42 bits per heavy atom. The van der Waals surface area contributed by atoms with Gasteiger partial charge in [-0.1, -0.05) is 30.3 Å². The van der Waals surface area contributed by atoms with Crippen molar-refractivity contribution in [2.24, 2.45) is 0 Å². The molecular weight excluding hydrogens is 308 g/mol. The van der Waals surface area contributed by atoms with Crippen LogP contribution in [0, 0.1) is 0 Å². The summed E-state index contributed by atoms with van der Waals surface area (Å²) >= 11 is 0. The van der Waals surface area contributed by atoms with Gasteiger partial charge in [0.1, 0.15) is 23.3 Å². The van der Waals surface area contributed by atoms with Crippen molar-refractivity contribution in [3.63, 3.8) is 0 Å². The van der Waals surface area contributed by atoms with E-state index in [9.17, 15) is 9.90 Å². The molecule has 0 saturated carbocycles. The Bertz CT molecular complexity index is 867. The van der Waals surface area contributed by atoms with Crippen molar-refractivity contribution in [2.75, 3.05) is 17.7 Å². The summed E-state index contributed by atoms with van der Waals surface area (Å²) in [6.07, 6.45) is 0.164. The molecule has 120 valence electrons. The number of carbonyl (C=O) groups is 1. The van der Waals surface area contributed by atoms with Crippen molar-refractivity contribution >= 4 is 17.9 Å². The first-order valence-electron chi connectivity index (χ1n) is 7.03. The van der Waals surface area contributed by atoms with E-state index in [-0.39, 0.29) is 11.8 Å². The summed E-state index contributed by atoms with van der Waals surface area (Å²) in [5.41, 5.74) is 8.22. The molecule has 0 spiro atoms. The maximum absolute atomic E-state index is 10.9. The number of carbonyl (C=O) groups excluding carboxylic acids is 1. The molecule has 3 rings (SSSR count). The number of benzene rings is 1. The Hall–Kier alpha value is -3.55. The molecule has 0 saturated heterocycles. The van der Waals surface area contributed by atoms with Gasteiger partial charge in [0.25, 0.3) is 0 Å². The number of anilines is 2. The largest absolute Gasteiger partial charge is 0.530 e. The van der Waals surface area contributed by atoms with Crippen LogP contribution in [0.1, 0.15) is 0 Å². The summed E-state index contributed by atoms with van der Waals surface area (Å²) in [6, 6.07) is 12.7. The Morgan fingerprint density at radius 2 is 1.79 bits per heavy atom. The van der Waals surface area contributed by atoms with Gasteiger partial charge < -0.3 is 20.5 Å². The monoisotopic (exact) mass is 321 g/mol. The maximum atomic E-state index is 10.9. The Kier molecular flexibility index (Phi) is 4.02. The fourth-order valence-corrected chi connectivity index (χ4v) is 2.15. The van der Waals surface area contributed by atoms with E-state index >= 15 is 0 Å². The predicted molar refractivity (Wildman–Crippen MR) is 86.7 cm³/mol. The fraction of sp³-hybridized carbons (Fsp3) is 0.0625. The van der Waals surface area contributed by atoms with Crippen LogP contribution >= 0.6 is 0 Å². The van der Waals surface area contributed by atoms with Crippen molar-refractivity contribution < 1.29 is 9.90 Å². The van der Waals surface area contributed by atoms with Crippen LogP contribution in [-0.4, -0.2) is 33.3 Å². The third kappa shape index (κ3) is 2.98. The Morgan fingerprint density at radius 1 is 1.04 bits per heavy atom. The first-order chi connectivity index (χ1) is 11.6. The number of aromatic nitrogens is 4. The standard InChI is InChI=1S/C16H14N6O2/c1-22(16(23)24)12-8-7-11(9-18-12)14-13(19-15(17)21-20-14)10-5-3-2-4-6-10/h2-9H,1H3,(H,23,24)(H2,17,19,21)/p-1. The molecular formula is C16H13N6O2-. The van der Waals surface area contributed by atoms with Gasteiger partial charge >= 0.3 is 0 Å². The number of hydrogen-bond donors (Lipinski definition) is 1. The third-order valence-electron chi connectivity index (χ3n) is 3.39. The average molecular weight is 321 g/mol. The molecule has 2 aromatic heterocycles. The van der Waals surface area contributed by atoms with Crippen molar-refractivity contribution in [3.8, 4) is 22.5 Å². The van der Waals surface area contributed by atoms with Gasteiger partial charge in [0.15, 0.2) is 0 Å². The predicted octanol–water partition coefficient (Wildman–Crippen LogP) is 0.962. The van der Waals surface area contributed by atoms with E-state index in [2.05, 4.69) is 20.2 Å². The fourth-order valence-electron chi connectivity index (χ4n) is 2.15. The van der Waals surface area contributed by atoms with E-state index in [4.69, 9.17) is 5.73 Å². The number of nitrogens with two attached hydrogens (primary N) is 1. The smallest absolute Gasteiger partial charge is 0.240 e. The molecule has 0 aliphatic heterocycles. The van der Waals surface area contributed by atoms with Crippen LogP contribution in [0.2, 0.25) is 0 Å². The molecule has 2 heterocycles. The number of rotatable bonds is 3. The van der Waals surface area contributed by atoms with Crippen molar-refractivity contribution in [3.05, 3.63) is 48.7 Å². The summed E-state index contributed by atoms with van der Waals surface area (Å²) < 4.78 is 0. The topological polar surface area (TPSA) is 121 Å². The Balaban J connectivity index is 2.05. The van der Waals surface area contributed by atoms with Crippen molar-refractivity contribution in [2.45, 2.75) is 0 Å². The summed E-state index contributed by atoms with van der Waals surface area (Å²) in [4.78, 5) is 20.2. The molecule has 0 fully saturated rings. The summed E-state index contributed by atoms with van der Waals surface area (Å²) in [5, 5.41) is 18.8. The molecule has 0 unspecified atom stereocenters. The molecule has 24 heavy (non-hydrogen) atoms. The number of pyridine rings is 1. The van der Waals surface area contributed by atoms with E-state index in [1.54, 1.807) is 12.1 Å². The van der Waals surface area contributed by atoms with Gasteiger partial charge in [0.05, 0.1) is 0 Å². The molecule has 0 aliphatic rings. The van der Waals surface area contributed by atoms with Crippen LogP contribution in [0.25, 0.3) is 22.5 Å². The molecule has 3 aromatic rings. The number of amides is 1. The van der Waals surface area contributed by atoms with Gasteiger partial charge in [0.2, 0.25) is 5.95 Å². The van der Waals surface area contributed by atoms with Crippen molar-refractivity contribution in [1.29, 1.82) is 0 Å². The minimum Gasteiger partial charge on any atom is -0.530 e. The summed E-state index contributed by atoms with van der Waals surface area (Å²) in [6.45, 7) is 0. The number of nitrogens with zero attached hydrogens (tertiary/aromatic N) is 5. The van der Waals surface area contributed by atoms with E-state index < -0.39 is 6.09 Å². The second-order valence-electron chi connectivity index (χ2n) is 4.96. The molecule has 8 heteroatoms. The molecule has 0 radical (unpaired) electrons. The number of nitrogen functional groups attached to an aromatic ring is 1. The first kappa shape index (κ1) is 15.3. The molecule has 0 bridgehead atoms. The summed E-state index contributed by atoms with van der Waals surface area (Å²) in [5.74, 6) is 0.315. The number of hydrogen-bond acceptors (Lipinski definition) is 7. The second-order valence-corrected chi connectivity index (χ2v) is 4.96. The van der Waals surface area contributed by atoms with Gasteiger partial charge in [0, 0.05) is 24.4 Å². The number of carboxylic acid groups (broad SMARTS) is 1. The van der Waals surface area contributed by atoms with Gasteiger partial charge in [-0.15, -0.1) is 10.2 Å². The van der Waals surface area contributed by atoms with E-state index in [1.165, 1.54) is 13.2 Å². The lowest BCUT2D eigenvalue weighted by molar-refractivity contribution is -0.246. The lowest BCUT2D eigenvalue weighted by Gasteiger charge is -2.18. The molecule has 0 aliphatic carbocycles. The Labute approximate surface area is 137 Å². The zero-order valence-corrected chi connectivity index (χ0v) is 12.7. The zero-order chi connectivity index (χ0) is 17.1. The molecule has 1 aromatic carbocycles. The lowest BCUT2D eigenvalue weighted by atomic mass is 10.1. The summed E-state index contributed by atoms with van der Waals surface area (Å²) in [7, 11) is 1.36. The van der Waals surface area contributed by atoms with E-state index in [0.29, 0.717) is 17.0 Å². The third-order valence-corrected chi connectivity index (χ3v) is 3.39. The first-order valence-corrected chi connectivity index (χ1v) is 7.03. The van der Waals surface area contributed by atoms with Crippen LogP contribution in [0.5, 0.6) is 0 Å². The maximum Gasteiger partial charge on any atom is 0.240 e. The van der Waals surface area contributed by atoms with Crippen LogP contribution < -0.4 is 15.7 Å². The second kappa shape index (κ2) is 6.29. The van der Waals surface area contributed by atoms with Crippen LogP contribution in [0.3, 0.4) is 0 Å². The molecule has 8 nitrogen and oxygen atoms in total.